The highest BCUT2D eigenvalue weighted by Gasteiger charge is 2.48. The summed E-state index contributed by atoms with van der Waals surface area (Å²) in [6.07, 6.45) is 1.80. The molecule has 2 aromatic carbocycles. The number of rotatable bonds is 3. The minimum Gasteiger partial charge on any atom is -0.286 e. The molecule has 1 aliphatic heterocycles. The molecular weight excluding hydrogens is 403 g/mol. The number of halogens is 4. The molecule has 2 aliphatic rings. The summed E-state index contributed by atoms with van der Waals surface area (Å²) in [6, 6.07) is 7.81. The van der Waals surface area contributed by atoms with Crippen molar-refractivity contribution in [2.45, 2.75) is 50.9 Å². The molecule has 138 valence electrons. The lowest BCUT2D eigenvalue weighted by Crippen LogP contribution is -2.46. The van der Waals surface area contributed by atoms with Crippen LogP contribution in [0.3, 0.4) is 0 Å². The molecule has 0 spiro atoms. The summed E-state index contributed by atoms with van der Waals surface area (Å²) in [5.74, 6) is -1.20. The number of aryl methyl sites for hydroxylation is 1. The Kier molecular flexibility index (Phi) is 4.43. The number of alkyl halides is 1. The molecule has 4 rings (SSSR count). The van der Waals surface area contributed by atoms with Gasteiger partial charge in [-0.1, -0.05) is 34.1 Å². The third kappa shape index (κ3) is 3.09. The quantitative estimate of drug-likeness (QED) is 0.596. The van der Waals surface area contributed by atoms with E-state index in [2.05, 4.69) is 15.9 Å². The van der Waals surface area contributed by atoms with Gasteiger partial charge in [0, 0.05) is 22.6 Å². The van der Waals surface area contributed by atoms with Gasteiger partial charge in [0.25, 0.3) is 0 Å². The van der Waals surface area contributed by atoms with Gasteiger partial charge in [0.05, 0.1) is 6.04 Å². The Balaban J connectivity index is 1.90. The fourth-order valence-corrected chi connectivity index (χ4v) is 4.51. The highest BCUT2D eigenvalue weighted by atomic mass is 79.9. The first-order chi connectivity index (χ1) is 12.3. The molecule has 0 bridgehead atoms. The molecule has 5 heteroatoms. The maximum absolute atomic E-state index is 14.8. The number of benzene rings is 2. The molecule has 0 unspecified atom stereocenters. The fourth-order valence-electron chi connectivity index (χ4n) is 4.11. The van der Waals surface area contributed by atoms with Crippen molar-refractivity contribution in [2.75, 3.05) is 6.54 Å². The molecule has 1 nitrogen and oxygen atoms in total. The van der Waals surface area contributed by atoms with Crippen LogP contribution in [0.5, 0.6) is 0 Å². The highest BCUT2D eigenvalue weighted by molar-refractivity contribution is 9.10. The summed E-state index contributed by atoms with van der Waals surface area (Å²) in [5.41, 5.74) is 1.89. The van der Waals surface area contributed by atoms with Crippen LogP contribution in [0.4, 0.5) is 13.2 Å². The van der Waals surface area contributed by atoms with Gasteiger partial charge >= 0.3 is 0 Å². The van der Waals surface area contributed by atoms with Crippen molar-refractivity contribution in [3.8, 4) is 0 Å². The van der Waals surface area contributed by atoms with Crippen LogP contribution in [0.1, 0.15) is 48.1 Å². The van der Waals surface area contributed by atoms with Gasteiger partial charge in [-0.3, -0.25) is 4.90 Å². The topological polar surface area (TPSA) is 3.24 Å². The normalized spacial score (nSPS) is 24.4. The van der Waals surface area contributed by atoms with E-state index in [4.69, 9.17) is 0 Å². The summed E-state index contributed by atoms with van der Waals surface area (Å²) in [6.45, 7) is 4.24. The minimum absolute atomic E-state index is 0.00396. The van der Waals surface area contributed by atoms with Gasteiger partial charge in [-0.25, -0.2) is 13.2 Å². The van der Waals surface area contributed by atoms with Crippen molar-refractivity contribution >= 4 is 15.9 Å². The summed E-state index contributed by atoms with van der Waals surface area (Å²) < 4.78 is 44.7. The van der Waals surface area contributed by atoms with Gasteiger partial charge in [0.2, 0.25) is 0 Å². The van der Waals surface area contributed by atoms with Crippen LogP contribution in [0.25, 0.3) is 0 Å². The zero-order valence-corrected chi connectivity index (χ0v) is 16.4. The van der Waals surface area contributed by atoms with Gasteiger partial charge in [-0.15, -0.1) is 0 Å². The lowest BCUT2D eigenvalue weighted by molar-refractivity contribution is 0.0946. The molecule has 2 aromatic rings. The number of nitrogens with zero attached hydrogens (tertiary/aromatic N) is 1. The van der Waals surface area contributed by atoms with Crippen LogP contribution >= 0.6 is 15.9 Å². The molecule has 0 amide bonds. The number of fused-ring (bicyclic) bond motifs is 1. The highest BCUT2D eigenvalue weighted by Crippen LogP contribution is 2.47. The van der Waals surface area contributed by atoms with E-state index in [0.717, 1.165) is 23.1 Å². The van der Waals surface area contributed by atoms with Gasteiger partial charge in [0.1, 0.15) is 17.3 Å². The number of hydrogen-bond acceptors (Lipinski definition) is 1. The largest absolute Gasteiger partial charge is 0.286 e. The second-order valence-corrected chi connectivity index (χ2v) is 8.62. The van der Waals surface area contributed by atoms with Crippen molar-refractivity contribution in [3.63, 3.8) is 0 Å². The van der Waals surface area contributed by atoms with Crippen molar-refractivity contribution in [1.29, 1.82) is 0 Å². The maximum atomic E-state index is 14.8. The first kappa shape index (κ1) is 18.1. The molecule has 0 radical (unpaired) electrons. The van der Waals surface area contributed by atoms with Gasteiger partial charge in [-0.05, 0) is 61.9 Å². The van der Waals surface area contributed by atoms with Crippen molar-refractivity contribution in [3.05, 3.63) is 68.7 Å². The van der Waals surface area contributed by atoms with Crippen LogP contribution in [0.15, 0.2) is 34.8 Å². The van der Waals surface area contributed by atoms with Gasteiger partial charge in [-0.2, -0.15) is 0 Å². The van der Waals surface area contributed by atoms with E-state index in [-0.39, 0.29) is 18.2 Å². The predicted molar refractivity (Wildman–Crippen MR) is 100 cm³/mol. The van der Waals surface area contributed by atoms with E-state index >= 15 is 0 Å². The predicted octanol–water partition coefficient (Wildman–Crippen LogP) is 5.87. The molecule has 1 fully saturated rings. The minimum atomic E-state index is -1.23. The Labute approximate surface area is 160 Å². The SMILES string of the molecule is Cc1cccc2c1C[C@@H](C)N(CC1(F)CC1)[C@@H]2c1c(F)cc(Br)cc1F. The molecule has 0 N–H and O–H groups in total. The van der Waals surface area contributed by atoms with E-state index in [9.17, 15) is 13.2 Å². The zero-order chi connectivity index (χ0) is 18.6. The fraction of sp³-hybridized carbons (Fsp3) is 0.429. The van der Waals surface area contributed by atoms with E-state index in [1.165, 1.54) is 12.1 Å². The molecular formula is C21H21BrF3N. The van der Waals surface area contributed by atoms with Crippen molar-refractivity contribution in [2.24, 2.45) is 0 Å². The van der Waals surface area contributed by atoms with Crippen molar-refractivity contribution in [1.82, 2.24) is 4.90 Å². The average molecular weight is 424 g/mol. The van der Waals surface area contributed by atoms with Crippen LogP contribution in [-0.4, -0.2) is 23.2 Å². The van der Waals surface area contributed by atoms with Crippen LogP contribution < -0.4 is 0 Å². The van der Waals surface area contributed by atoms with E-state index in [1.54, 1.807) is 0 Å². The van der Waals surface area contributed by atoms with E-state index < -0.39 is 23.3 Å². The molecule has 2 atom stereocenters. The first-order valence-corrected chi connectivity index (χ1v) is 9.76. The Hall–Kier alpha value is -1.33. The Morgan fingerprint density at radius 3 is 2.46 bits per heavy atom. The molecule has 1 saturated carbocycles. The lowest BCUT2D eigenvalue weighted by Gasteiger charge is -2.43. The monoisotopic (exact) mass is 423 g/mol. The van der Waals surface area contributed by atoms with Crippen LogP contribution in [-0.2, 0) is 6.42 Å². The molecule has 26 heavy (non-hydrogen) atoms. The molecule has 1 heterocycles. The third-order valence-electron chi connectivity index (χ3n) is 5.71. The summed E-state index contributed by atoms with van der Waals surface area (Å²) in [5, 5.41) is 0. The van der Waals surface area contributed by atoms with Crippen molar-refractivity contribution < 1.29 is 13.2 Å². The Bertz CT molecular complexity index is 839. The standard InChI is InChI=1S/C21H21BrF3N/c1-12-4-3-5-15-16(12)8-13(2)26(11-21(25)6-7-21)20(15)19-17(23)9-14(22)10-18(19)24/h3-5,9-10,13,20H,6-8,11H2,1-2H3/t13-,20+/m1/s1. The van der Waals surface area contributed by atoms with Gasteiger partial charge in [0.15, 0.2) is 0 Å². The smallest absolute Gasteiger partial charge is 0.132 e. The zero-order valence-electron chi connectivity index (χ0n) is 14.8. The Morgan fingerprint density at radius 1 is 1.19 bits per heavy atom. The summed E-state index contributed by atoms with van der Waals surface area (Å²) in [4.78, 5) is 1.95. The molecule has 0 saturated heterocycles. The van der Waals surface area contributed by atoms with Crippen LogP contribution in [0, 0.1) is 18.6 Å². The summed E-state index contributed by atoms with van der Waals surface area (Å²) >= 11 is 3.15. The maximum Gasteiger partial charge on any atom is 0.132 e. The second-order valence-electron chi connectivity index (χ2n) is 7.70. The Morgan fingerprint density at radius 2 is 1.85 bits per heavy atom. The summed E-state index contributed by atoms with van der Waals surface area (Å²) in [7, 11) is 0. The second kappa shape index (κ2) is 6.38. The lowest BCUT2D eigenvalue weighted by atomic mass is 9.82. The van der Waals surface area contributed by atoms with Crippen LogP contribution in [0.2, 0.25) is 0 Å². The van der Waals surface area contributed by atoms with Gasteiger partial charge < -0.3 is 0 Å². The first-order valence-electron chi connectivity index (χ1n) is 8.96. The third-order valence-corrected chi connectivity index (χ3v) is 6.17. The molecule has 0 aromatic heterocycles. The molecule has 1 aliphatic carbocycles. The van der Waals surface area contributed by atoms with E-state index in [1.807, 2.05) is 36.9 Å². The van der Waals surface area contributed by atoms with E-state index in [0.29, 0.717) is 17.3 Å². The average Bonchev–Trinajstić information content (AvgIpc) is 3.28. The number of hydrogen-bond donors (Lipinski definition) is 0.